The van der Waals surface area contributed by atoms with Crippen molar-refractivity contribution in [3.63, 3.8) is 0 Å². The van der Waals surface area contributed by atoms with Crippen molar-refractivity contribution in [3.8, 4) is 11.5 Å². The number of anilines is 1. The average molecular weight is 387 g/mol. The summed E-state index contributed by atoms with van der Waals surface area (Å²) in [6, 6.07) is 22.6. The van der Waals surface area contributed by atoms with Crippen LogP contribution < -0.4 is 21.2 Å². The van der Waals surface area contributed by atoms with Gasteiger partial charge in [0.05, 0.1) is 16.5 Å². The molecule has 7 heteroatoms. The number of hydrogen-bond donors (Lipinski definition) is 2. The molecule has 4 rings (SSSR count). The molecule has 0 atom stereocenters. The summed E-state index contributed by atoms with van der Waals surface area (Å²) in [4.78, 5) is 37.3. The first kappa shape index (κ1) is 18.2. The number of benzene rings is 3. The van der Waals surface area contributed by atoms with Crippen LogP contribution in [0.2, 0.25) is 0 Å². The molecular formula is C22H17N3O4. The number of carbonyl (C=O) groups excluding carboxylic acids is 1. The van der Waals surface area contributed by atoms with Crippen LogP contribution in [0.5, 0.6) is 11.5 Å². The Bertz CT molecular complexity index is 1290. The van der Waals surface area contributed by atoms with Crippen molar-refractivity contribution in [2.24, 2.45) is 0 Å². The third-order valence-electron chi connectivity index (χ3n) is 4.32. The molecule has 144 valence electrons. The second-order valence-corrected chi connectivity index (χ2v) is 6.34. The van der Waals surface area contributed by atoms with Crippen LogP contribution in [0.1, 0.15) is 0 Å². The summed E-state index contributed by atoms with van der Waals surface area (Å²) in [5, 5.41) is 5.72. The zero-order chi connectivity index (χ0) is 20.2. The smallest absolute Gasteiger partial charge is 0.273 e. The number of amides is 1. The molecule has 0 spiro atoms. The minimum Gasteiger partial charge on any atom is -0.455 e. The van der Waals surface area contributed by atoms with Gasteiger partial charge < -0.3 is 10.1 Å². The quantitative estimate of drug-likeness (QED) is 0.550. The Hall–Kier alpha value is -4.13. The maximum Gasteiger partial charge on any atom is 0.273 e. The van der Waals surface area contributed by atoms with Gasteiger partial charge in [-0.15, -0.1) is 0 Å². The highest BCUT2D eigenvalue weighted by Crippen LogP contribution is 2.29. The highest BCUT2D eigenvalue weighted by atomic mass is 16.5. The third kappa shape index (κ3) is 3.93. The first-order valence-electron chi connectivity index (χ1n) is 8.95. The number of fused-ring (bicyclic) bond motifs is 1. The number of para-hydroxylation sites is 3. The van der Waals surface area contributed by atoms with Gasteiger partial charge in [0.25, 0.3) is 11.1 Å². The van der Waals surface area contributed by atoms with E-state index in [1.54, 1.807) is 60.7 Å². The average Bonchev–Trinajstić information content (AvgIpc) is 2.74. The lowest BCUT2D eigenvalue weighted by Gasteiger charge is -2.13. The Balaban J connectivity index is 1.57. The lowest BCUT2D eigenvalue weighted by molar-refractivity contribution is -0.117. The van der Waals surface area contributed by atoms with Crippen molar-refractivity contribution in [2.75, 3.05) is 5.32 Å². The summed E-state index contributed by atoms with van der Waals surface area (Å²) in [5.74, 6) is 0.623. The van der Waals surface area contributed by atoms with E-state index in [4.69, 9.17) is 4.74 Å². The van der Waals surface area contributed by atoms with Gasteiger partial charge in [-0.25, -0.2) is 4.68 Å². The van der Waals surface area contributed by atoms with Crippen LogP contribution in [0.3, 0.4) is 0 Å². The highest BCUT2D eigenvalue weighted by molar-refractivity contribution is 5.92. The van der Waals surface area contributed by atoms with Crippen molar-refractivity contribution in [2.45, 2.75) is 6.54 Å². The molecule has 2 N–H and O–H groups in total. The molecule has 0 aliphatic carbocycles. The zero-order valence-electron chi connectivity index (χ0n) is 15.3. The molecule has 1 amide bonds. The second-order valence-electron chi connectivity index (χ2n) is 6.34. The third-order valence-corrected chi connectivity index (χ3v) is 4.32. The molecule has 7 nitrogen and oxygen atoms in total. The van der Waals surface area contributed by atoms with Crippen molar-refractivity contribution in [3.05, 3.63) is 99.6 Å². The van der Waals surface area contributed by atoms with Crippen LogP contribution in [-0.2, 0) is 11.3 Å². The zero-order valence-corrected chi connectivity index (χ0v) is 15.3. The Morgan fingerprint density at radius 2 is 1.52 bits per heavy atom. The number of ether oxygens (including phenoxy) is 1. The van der Waals surface area contributed by atoms with E-state index in [-0.39, 0.29) is 17.3 Å². The number of aromatic nitrogens is 2. The molecule has 0 saturated heterocycles. The first-order chi connectivity index (χ1) is 14.1. The van der Waals surface area contributed by atoms with E-state index in [1.165, 1.54) is 0 Å². The molecule has 0 aliphatic heterocycles. The van der Waals surface area contributed by atoms with Crippen molar-refractivity contribution < 1.29 is 9.53 Å². The SMILES string of the molecule is O=C(Cn1[nH]c(=O)c2ccccc2c1=O)Nc1ccccc1Oc1ccccc1. The van der Waals surface area contributed by atoms with Gasteiger partial charge in [-0.3, -0.25) is 19.5 Å². The molecule has 29 heavy (non-hydrogen) atoms. The van der Waals surface area contributed by atoms with E-state index in [1.807, 2.05) is 18.2 Å². The van der Waals surface area contributed by atoms with Crippen LogP contribution in [0.25, 0.3) is 10.8 Å². The number of H-pyrrole nitrogens is 1. The van der Waals surface area contributed by atoms with Crippen LogP contribution in [0.4, 0.5) is 5.69 Å². The van der Waals surface area contributed by atoms with Crippen molar-refractivity contribution in [1.29, 1.82) is 0 Å². The Labute approximate surface area is 165 Å². The number of rotatable bonds is 5. The van der Waals surface area contributed by atoms with E-state index in [2.05, 4.69) is 10.4 Å². The van der Waals surface area contributed by atoms with Crippen molar-refractivity contribution >= 4 is 22.4 Å². The fourth-order valence-corrected chi connectivity index (χ4v) is 2.97. The normalized spacial score (nSPS) is 10.6. The fraction of sp³-hybridized carbons (Fsp3) is 0.0455. The predicted molar refractivity (Wildman–Crippen MR) is 110 cm³/mol. The number of aromatic amines is 1. The van der Waals surface area contributed by atoms with Gasteiger partial charge in [-0.05, 0) is 36.4 Å². The van der Waals surface area contributed by atoms with E-state index in [0.29, 0.717) is 17.2 Å². The molecule has 1 heterocycles. The molecule has 0 radical (unpaired) electrons. The molecular weight excluding hydrogens is 370 g/mol. The maximum absolute atomic E-state index is 12.6. The lowest BCUT2D eigenvalue weighted by Crippen LogP contribution is -2.34. The summed E-state index contributed by atoms with van der Waals surface area (Å²) in [7, 11) is 0. The molecule has 0 unspecified atom stereocenters. The largest absolute Gasteiger partial charge is 0.455 e. The Morgan fingerprint density at radius 1 is 0.862 bits per heavy atom. The summed E-state index contributed by atoms with van der Waals surface area (Å²) in [6.45, 7) is -0.335. The number of nitrogens with one attached hydrogen (secondary N) is 2. The van der Waals surface area contributed by atoms with Gasteiger partial charge in [-0.1, -0.05) is 42.5 Å². The molecule has 0 bridgehead atoms. The summed E-state index contributed by atoms with van der Waals surface area (Å²) >= 11 is 0. The monoisotopic (exact) mass is 387 g/mol. The van der Waals surface area contributed by atoms with Gasteiger partial charge in [0, 0.05) is 0 Å². The van der Waals surface area contributed by atoms with Gasteiger partial charge >= 0.3 is 0 Å². The van der Waals surface area contributed by atoms with Gasteiger partial charge in [-0.2, -0.15) is 0 Å². The van der Waals surface area contributed by atoms with Gasteiger partial charge in [0.2, 0.25) is 5.91 Å². The van der Waals surface area contributed by atoms with Gasteiger partial charge in [0.1, 0.15) is 12.3 Å². The number of carbonyl (C=O) groups is 1. The molecule has 1 aromatic heterocycles. The number of hydrogen-bond acceptors (Lipinski definition) is 4. The van der Waals surface area contributed by atoms with E-state index in [0.717, 1.165) is 4.68 Å². The molecule has 0 aliphatic rings. The van der Waals surface area contributed by atoms with Gasteiger partial charge in [0.15, 0.2) is 5.75 Å². The molecule has 4 aromatic rings. The standard InChI is InChI=1S/C22H17N3O4/c26-20(14-25-22(28)17-11-5-4-10-16(17)21(27)24-25)23-18-12-6-7-13-19(18)29-15-8-2-1-3-9-15/h1-13H,14H2,(H,23,26)(H,24,27). The first-order valence-corrected chi connectivity index (χ1v) is 8.95. The van der Waals surface area contributed by atoms with E-state index < -0.39 is 17.0 Å². The van der Waals surface area contributed by atoms with Crippen LogP contribution >= 0.6 is 0 Å². The van der Waals surface area contributed by atoms with Crippen LogP contribution in [-0.4, -0.2) is 15.7 Å². The minimum atomic E-state index is -0.470. The Kier molecular flexibility index (Phi) is 4.94. The topological polar surface area (TPSA) is 93.2 Å². The fourth-order valence-electron chi connectivity index (χ4n) is 2.97. The van der Waals surface area contributed by atoms with Crippen molar-refractivity contribution in [1.82, 2.24) is 9.78 Å². The van der Waals surface area contributed by atoms with E-state index in [9.17, 15) is 14.4 Å². The molecule has 0 saturated carbocycles. The lowest BCUT2D eigenvalue weighted by atomic mass is 10.2. The minimum absolute atomic E-state index is 0.261. The number of nitrogens with zero attached hydrogens (tertiary/aromatic N) is 1. The van der Waals surface area contributed by atoms with E-state index >= 15 is 0 Å². The Morgan fingerprint density at radius 3 is 2.31 bits per heavy atom. The highest BCUT2D eigenvalue weighted by Gasteiger charge is 2.12. The summed E-state index contributed by atoms with van der Waals surface area (Å²) < 4.78 is 6.82. The molecule has 3 aromatic carbocycles. The summed E-state index contributed by atoms with van der Waals surface area (Å²) in [6.07, 6.45) is 0. The summed E-state index contributed by atoms with van der Waals surface area (Å²) in [5.41, 5.74) is -0.414. The van der Waals surface area contributed by atoms with Crippen LogP contribution in [0, 0.1) is 0 Å². The second kappa shape index (κ2) is 7.85. The molecule has 0 fully saturated rings. The van der Waals surface area contributed by atoms with Crippen LogP contribution in [0.15, 0.2) is 88.5 Å². The maximum atomic E-state index is 12.6. The predicted octanol–water partition coefficient (Wildman–Crippen LogP) is 3.12.